The van der Waals surface area contributed by atoms with Crippen molar-refractivity contribution in [3.8, 4) is 0 Å². The predicted octanol–water partition coefficient (Wildman–Crippen LogP) is 2.01. The van der Waals surface area contributed by atoms with Crippen LogP contribution in [0.4, 0.5) is 5.82 Å². The van der Waals surface area contributed by atoms with Crippen LogP contribution in [0.2, 0.25) is 0 Å². The van der Waals surface area contributed by atoms with E-state index in [-0.39, 0.29) is 11.8 Å². The summed E-state index contributed by atoms with van der Waals surface area (Å²) in [6.07, 6.45) is 6.51. The summed E-state index contributed by atoms with van der Waals surface area (Å²) in [6, 6.07) is 3.61. The number of rotatable bonds is 3. The third-order valence-corrected chi connectivity index (χ3v) is 6.01. The van der Waals surface area contributed by atoms with Crippen LogP contribution in [0, 0.1) is 11.3 Å². The highest BCUT2D eigenvalue weighted by Crippen LogP contribution is 2.49. The zero-order valence-corrected chi connectivity index (χ0v) is 13.8. The maximum Gasteiger partial charge on any atom is 0.311 e. The van der Waals surface area contributed by atoms with Crippen LogP contribution < -0.4 is 4.90 Å². The second kappa shape index (κ2) is 5.76. The number of anilines is 1. The maximum absolute atomic E-state index is 13.1. The average molecular weight is 329 g/mol. The van der Waals surface area contributed by atoms with Crippen molar-refractivity contribution in [1.29, 1.82) is 0 Å². The Morgan fingerprint density at radius 2 is 2.04 bits per heavy atom. The van der Waals surface area contributed by atoms with Gasteiger partial charge in [-0.05, 0) is 43.7 Å². The average Bonchev–Trinajstić information content (AvgIpc) is 3.29. The van der Waals surface area contributed by atoms with E-state index in [1.54, 1.807) is 17.2 Å². The molecule has 2 aliphatic heterocycles. The van der Waals surface area contributed by atoms with Crippen molar-refractivity contribution in [2.45, 2.75) is 32.1 Å². The molecule has 0 radical (unpaired) electrons. The van der Waals surface area contributed by atoms with E-state index in [1.807, 2.05) is 6.07 Å². The second-order valence-electron chi connectivity index (χ2n) is 7.30. The Morgan fingerprint density at radius 3 is 2.75 bits per heavy atom. The van der Waals surface area contributed by atoms with E-state index in [0.29, 0.717) is 25.1 Å². The molecule has 1 aromatic rings. The summed E-state index contributed by atoms with van der Waals surface area (Å²) in [5.41, 5.74) is -0.119. The van der Waals surface area contributed by atoms with Crippen LogP contribution in [-0.2, 0) is 4.79 Å². The van der Waals surface area contributed by atoms with E-state index in [9.17, 15) is 14.7 Å². The van der Waals surface area contributed by atoms with E-state index in [4.69, 9.17) is 0 Å². The number of pyridine rings is 1. The maximum atomic E-state index is 13.1. The molecule has 1 aliphatic carbocycles. The number of carbonyl (C=O) groups excluding carboxylic acids is 1. The Labute approximate surface area is 141 Å². The van der Waals surface area contributed by atoms with Crippen molar-refractivity contribution < 1.29 is 14.7 Å². The fourth-order valence-electron chi connectivity index (χ4n) is 4.71. The normalized spacial score (nSPS) is 29.1. The van der Waals surface area contributed by atoms with Gasteiger partial charge < -0.3 is 14.9 Å². The second-order valence-corrected chi connectivity index (χ2v) is 7.30. The molecular weight excluding hydrogens is 306 g/mol. The zero-order valence-electron chi connectivity index (χ0n) is 13.8. The number of carbonyl (C=O) groups is 2. The number of likely N-dealkylation sites (tertiary alicyclic amines) is 1. The molecule has 24 heavy (non-hydrogen) atoms. The lowest BCUT2D eigenvalue weighted by Gasteiger charge is -2.25. The van der Waals surface area contributed by atoms with Gasteiger partial charge in [-0.3, -0.25) is 9.59 Å². The molecule has 6 nitrogen and oxygen atoms in total. The number of hydrogen-bond acceptors (Lipinski definition) is 4. The summed E-state index contributed by atoms with van der Waals surface area (Å²) < 4.78 is 0. The van der Waals surface area contributed by atoms with E-state index in [1.165, 1.54) is 0 Å². The van der Waals surface area contributed by atoms with Crippen LogP contribution in [-0.4, -0.2) is 53.0 Å². The number of amides is 1. The lowest BCUT2D eigenvalue weighted by atomic mass is 9.81. The molecule has 128 valence electrons. The summed E-state index contributed by atoms with van der Waals surface area (Å²) in [5, 5.41) is 9.71. The molecule has 4 rings (SSSR count). The molecule has 3 aliphatic rings. The highest BCUT2D eigenvalue weighted by atomic mass is 16.4. The van der Waals surface area contributed by atoms with Gasteiger partial charge in [-0.2, -0.15) is 0 Å². The van der Waals surface area contributed by atoms with Gasteiger partial charge in [0.15, 0.2) is 0 Å². The highest BCUT2D eigenvalue weighted by Gasteiger charge is 2.56. The van der Waals surface area contributed by atoms with E-state index < -0.39 is 11.4 Å². The minimum Gasteiger partial charge on any atom is -0.481 e. The van der Waals surface area contributed by atoms with Gasteiger partial charge in [-0.1, -0.05) is 6.42 Å². The molecule has 2 atom stereocenters. The lowest BCUT2D eigenvalue weighted by molar-refractivity contribution is -0.149. The lowest BCUT2D eigenvalue weighted by Crippen LogP contribution is -2.37. The molecule has 1 aromatic heterocycles. The van der Waals surface area contributed by atoms with E-state index in [2.05, 4.69) is 9.88 Å². The molecule has 3 fully saturated rings. The number of nitrogens with zero attached hydrogens (tertiary/aromatic N) is 3. The van der Waals surface area contributed by atoms with Gasteiger partial charge in [0, 0.05) is 32.4 Å². The monoisotopic (exact) mass is 329 g/mol. The number of aromatic nitrogens is 1. The number of carboxylic acid groups (broad SMARTS) is 1. The standard InChI is InChI=1S/C18H23N3O3/c22-16(14-6-4-8-19-15(14)20-9-1-2-10-20)21-11-13-5-3-7-18(13,12-21)17(23)24/h4,6,8,13H,1-3,5,7,9-12H2,(H,23,24)/t13-,18+/m0/s1. The van der Waals surface area contributed by atoms with Gasteiger partial charge in [0.2, 0.25) is 0 Å². The number of hydrogen-bond donors (Lipinski definition) is 1. The molecule has 0 bridgehead atoms. The van der Waals surface area contributed by atoms with Crippen molar-refractivity contribution in [2.24, 2.45) is 11.3 Å². The van der Waals surface area contributed by atoms with Gasteiger partial charge in [0.1, 0.15) is 5.82 Å². The van der Waals surface area contributed by atoms with Gasteiger partial charge in [-0.15, -0.1) is 0 Å². The fourth-order valence-corrected chi connectivity index (χ4v) is 4.71. The molecule has 1 saturated carbocycles. The third kappa shape index (κ3) is 2.27. The van der Waals surface area contributed by atoms with Gasteiger partial charge in [0.05, 0.1) is 11.0 Å². The third-order valence-electron chi connectivity index (χ3n) is 6.01. The van der Waals surface area contributed by atoms with E-state index in [0.717, 1.165) is 44.6 Å². The molecule has 3 heterocycles. The van der Waals surface area contributed by atoms with Gasteiger partial charge in [-0.25, -0.2) is 4.98 Å². The Balaban J connectivity index is 1.60. The van der Waals surface area contributed by atoms with Crippen molar-refractivity contribution in [2.75, 3.05) is 31.1 Å². The van der Waals surface area contributed by atoms with Crippen molar-refractivity contribution >= 4 is 17.7 Å². The van der Waals surface area contributed by atoms with Crippen molar-refractivity contribution in [1.82, 2.24) is 9.88 Å². The first-order valence-electron chi connectivity index (χ1n) is 8.84. The first-order chi connectivity index (χ1) is 11.6. The Bertz CT molecular complexity index is 671. The first-order valence-corrected chi connectivity index (χ1v) is 8.84. The molecule has 0 unspecified atom stereocenters. The topological polar surface area (TPSA) is 73.7 Å². The molecule has 1 amide bonds. The van der Waals surface area contributed by atoms with Crippen LogP contribution in [0.3, 0.4) is 0 Å². The first kappa shape index (κ1) is 15.4. The summed E-state index contributed by atoms with van der Waals surface area (Å²) in [4.78, 5) is 33.3. The summed E-state index contributed by atoms with van der Waals surface area (Å²) in [7, 11) is 0. The predicted molar refractivity (Wildman–Crippen MR) is 89.0 cm³/mol. The van der Waals surface area contributed by atoms with Crippen molar-refractivity contribution in [3.63, 3.8) is 0 Å². The zero-order chi connectivity index (χ0) is 16.7. The summed E-state index contributed by atoms with van der Waals surface area (Å²) in [5.74, 6) is 0.0265. The van der Waals surface area contributed by atoms with Crippen molar-refractivity contribution in [3.05, 3.63) is 23.9 Å². The Kier molecular flexibility index (Phi) is 3.70. The Morgan fingerprint density at radius 1 is 1.25 bits per heavy atom. The minimum atomic E-state index is -0.744. The molecule has 1 N–H and O–H groups in total. The van der Waals surface area contributed by atoms with Crippen LogP contribution in [0.1, 0.15) is 42.5 Å². The summed E-state index contributed by atoms with van der Waals surface area (Å²) in [6.45, 7) is 2.75. The SMILES string of the molecule is O=C(c1cccnc1N1CCCC1)N1C[C@@H]2CCC[C@@]2(C(=O)O)C1. The highest BCUT2D eigenvalue weighted by molar-refractivity contribution is 5.99. The smallest absolute Gasteiger partial charge is 0.311 e. The molecule has 2 saturated heterocycles. The fraction of sp³-hybridized carbons (Fsp3) is 0.611. The number of carboxylic acids is 1. The summed E-state index contributed by atoms with van der Waals surface area (Å²) >= 11 is 0. The van der Waals surface area contributed by atoms with Crippen LogP contribution in [0.5, 0.6) is 0 Å². The molecule has 0 spiro atoms. The largest absolute Gasteiger partial charge is 0.481 e. The van der Waals surface area contributed by atoms with Crippen LogP contribution in [0.25, 0.3) is 0 Å². The quantitative estimate of drug-likeness (QED) is 0.918. The minimum absolute atomic E-state index is 0.0694. The molecule has 6 heteroatoms. The number of aliphatic carboxylic acids is 1. The molecule has 0 aromatic carbocycles. The van der Waals surface area contributed by atoms with Crippen LogP contribution in [0.15, 0.2) is 18.3 Å². The van der Waals surface area contributed by atoms with E-state index >= 15 is 0 Å². The van der Waals surface area contributed by atoms with Crippen LogP contribution >= 0.6 is 0 Å². The Hall–Kier alpha value is -2.11. The van der Waals surface area contributed by atoms with Gasteiger partial charge in [0.25, 0.3) is 5.91 Å². The molecular formula is C18H23N3O3. The number of fused-ring (bicyclic) bond motifs is 1. The van der Waals surface area contributed by atoms with Gasteiger partial charge >= 0.3 is 5.97 Å².